The molecule has 9 aromatic rings. The lowest BCUT2D eigenvalue weighted by Gasteiger charge is -2.35. The van der Waals surface area contributed by atoms with Crippen molar-refractivity contribution in [1.82, 2.24) is 0 Å². The van der Waals surface area contributed by atoms with Crippen LogP contribution in [0.2, 0.25) is 0 Å². The molecule has 248 valence electrons. The molecule has 0 amide bonds. The molecule has 0 bridgehead atoms. The van der Waals surface area contributed by atoms with E-state index < -0.39 is 0 Å². The molecule has 0 aromatic heterocycles. The van der Waals surface area contributed by atoms with Gasteiger partial charge in [0.05, 0.1) is 0 Å². The standard InChI is InChI=1S/C48H48.CH4/c1-45(2,3)33-21-29-25-17-13-14-18-26(25)31-23-35(47(7,8)9)42-36(48(10,11)12)24-32-28-20-16-15-19-27(28)30-22-34(46(4,5)6)41(33)43-37(29)39(31)44(42)40(32)38(30)43;/h13-24H,1-12H3;1H4. The van der Waals surface area contributed by atoms with Crippen LogP contribution in [0.1, 0.15) is 113 Å². The van der Waals surface area contributed by atoms with Gasteiger partial charge in [0.15, 0.2) is 0 Å². The zero-order valence-electron chi connectivity index (χ0n) is 30.9. The van der Waals surface area contributed by atoms with E-state index in [0.717, 1.165) is 0 Å². The van der Waals surface area contributed by atoms with Gasteiger partial charge < -0.3 is 0 Å². The fourth-order valence-corrected chi connectivity index (χ4v) is 9.43. The van der Waals surface area contributed by atoms with Gasteiger partial charge in [-0.3, -0.25) is 0 Å². The van der Waals surface area contributed by atoms with Crippen LogP contribution in [0.4, 0.5) is 0 Å². The van der Waals surface area contributed by atoms with Crippen molar-refractivity contribution in [2.45, 2.75) is 112 Å². The normalized spacial score (nSPS) is 14.0. The van der Waals surface area contributed by atoms with Crippen LogP contribution in [-0.2, 0) is 21.7 Å². The van der Waals surface area contributed by atoms with Crippen LogP contribution >= 0.6 is 0 Å². The first-order valence-corrected chi connectivity index (χ1v) is 18.0. The second-order valence-electron chi connectivity index (χ2n) is 19.0. The van der Waals surface area contributed by atoms with Crippen LogP contribution in [0.25, 0.3) is 86.2 Å². The lowest BCUT2D eigenvalue weighted by Crippen LogP contribution is -2.19. The Kier molecular flexibility index (Phi) is 6.24. The second-order valence-corrected chi connectivity index (χ2v) is 19.0. The Morgan fingerprint density at radius 3 is 0.653 bits per heavy atom. The van der Waals surface area contributed by atoms with Crippen LogP contribution in [0.15, 0.2) is 72.8 Å². The molecular weight excluding hydrogens is 589 g/mol. The van der Waals surface area contributed by atoms with E-state index >= 15 is 0 Å². The van der Waals surface area contributed by atoms with Crippen molar-refractivity contribution in [3.8, 4) is 0 Å². The Bertz CT molecular complexity index is 2400. The van der Waals surface area contributed by atoms with Gasteiger partial charge in [-0.1, -0.05) is 139 Å². The molecule has 0 radical (unpaired) electrons. The van der Waals surface area contributed by atoms with Crippen molar-refractivity contribution in [3.05, 3.63) is 95.1 Å². The lowest BCUT2D eigenvalue weighted by molar-refractivity contribution is 0.581. The average Bonchev–Trinajstić information content (AvgIpc) is 3.00. The van der Waals surface area contributed by atoms with Gasteiger partial charge in [0, 0.05) is 0 Å². The molecule has 0 aliphatic carbocycles. The zero-order valence-corrected chi connectivity index (χ0v) is 30.9. The van der Waals surface area contributed by atoms with Crippen molar-refractivity contribution in [2.75, 3.05) is 0 Å². The van der Waals surface area contributed by atoms with Crippen molar-refractivity contribution in [2.24, 2.45) is 0 Å². The van der Waals surface area contributed by atoms with Crippen molar-refractivity contribution in [1.29, 1.82) is 0 Å². The molecule has 9 rings (SSSR count). The summed E-state index contributed by atoms with van der Waals surface area (Å²) in [6.07, 6.45) is 0. The van der Waals surface area contributed by atoms with Gasteiger partial charge >= 0.3 is 0 Å². The van der Waals surface area contributed by atoms with Gasteiger partial charge in [0.2, 0.25) is 0 Å². The maximum absolute atomic E-state index is 2.60. The van der Waals surface area contributed by atoms with Gasteiger partial charge in [-0.2, -0.15) is 0 Å². The summed E-state index contributed by atoms with van der Waals surface area (Å²) in [5.74, 6) is 0. The monoisotopic (exact) mass is 640 g/mol. The van der Waals surface area contributed by atoms with Gasteiger partial charge in [-0.05, 0) is 154 Å². The fourth-order valence-electron chi connectivity index (χ4n) is 9.43. The van der Waals surface area contributed by atoms with E-state index in [4.69, 9.17) is 0 Å². The van der Waals surface area contributed by atoms with E-state index in [-0.39, 0.29) is 29.1 Å². The summed E-state index contributed by atoms with van der Waals surface area (Å²) < 4.78 is 0. The third kappa shape index (κ3) is 4.04. The molecule has 0 saturated heterocycles. The lowest BCUT2D eigenvalue weighted by atomic mass is 9.68. The van der Waals surface area contributed by atoms with Crippen molar-refractivity contribution < 1.29 is 0 Å². The number of rotatable bonds is 0. The summed E-state index contributed by atoms with van der Waals surface area (Å²) >= 11 is 0. The van der Waals surface area contributed by atoms with E-state index in [1.807, 2.05) is 0 Å². The summed E-state index contributed by atoms with van der Waals surface area (Å²) in [6, 6.07) is 28.9. The van der Waals surface area contributed by atoms with E-state index in [1.54, 1.807) is 0 Å². The average molecular weight is 641 g/mol. The highest BCUT2D eigenvalue weighted by molar-refractivity contribution is 6.51. The highest BCUT2D eigenvalue weighted by Gasteiger charge is 2.34. The van der Waals surface area contributed by atoms with E-state index in [0.29, 0.717) is 0 Å². The molecule has 0 spiro atoms. The topological polar surface area (TPSA) is 0 Å². The smallest absolute Gasteiger partial charge is 0.000708 e. The predicted molar refractivity (Wildman–Crippen MR) is 222 cm³/mol. The maximum atomic E-state index is 2.60. The first-order chi connectivity index (χ1) is 22.4. The van der Waals surface area contributed by atoms with Crippen LogP contribution in [0.3, 0.4) is 0 Å². The number of fused-ring (bicyclic) bond motifs is 6. The molecule has 0 atom stereocenters. The maximum Gasteiger partial charge on any atom is -0.000708 e. The van der Waals surface area contributed by atoms with Crippen LogP contribution in [0.5, 0.6) is 0 Å². The number of benzene rings is 9. The minimum atomic E-state index is -0.0321. The van der Waals surface area contributed by atoms with Gasteiger partial charge in [-0.25, -0.2) is 0 Å². The molecule has 0 nitrogen and oxygen atoms in total. The largest absolute Gasteiger partial charge is 0.0776 e. The van der Waals surface area contributed by atoms with E-state index in [9.17, 15) is 0 Å². The molecule has 9 aromatic carbocycles. The Labute approximate surface area is 292 Å². The minimum Gasteiger partial charge on any atom is -0.0776 e. The van der Waals surface area contributed by atoms with Crippen molar-refractivity contribution >= 4 is 86.2 Å². The summed E-state index contributed by atoms with van der Waals surface area (Å²) in [5, 5.41) is 22.8. The molecule has 0 heterocycles. The first-order valence-electron chi connectivity index (χ1n) is 18.0. The number of hydrogen-bond acceptors (Lipinski definition) is 0. The molecule has 0 fully saturated rings. The molecular formula is C49H52. The van der Waals surface area contributed by atoms with Crippen LogP contribution < -0.4 is 0 Å². The highest BCUT2D eigenvalue weighted by atomic mass is 14.4. The Morgan fingerprint density at radius 2 is 0.469 bits per heavy atom. The van der Waals surface area contributed by atoms with Crippen LogP contribution in [-0.4, -0.2) is 0 Å². The van der Waals surface area contributed by atoms with Crippen molar-refractivity contribution in [3.63, 3.8) is 0 Å². The van der Waals surface area contributed by atoms with Gasteiger partial charge in [0.1, 0.15) is 0 Å². The fraction of sp³-hybridized carbons (Fsp3) is 0.347. The molecule has 0 heteroatoms. The Morgan fingerprint density at radius 1 is 0.265 bits per heavy atom. The van der Waals surface area contributed by atoms with Gasteiger partial charge in [0.25, 0.3) is 0 Å². The molecule has 0 unspecified atom stereocenters. The summed E-state index contributed by atoms with van der Waals surface area (Å²) in [4.78, 5) is 0. The Balaban J connectivity index is 0.00000348. The molecule has 0 aliphatic rings. The summed E-state index contributed by atoms with van der Waals surface area (Å²) in [5.41, 5.74) is 5.70. The number of hydrogen-bond donors (Lipinski definition) is 0. The zero-order chi connectivity index (χ0) is 34.0. The SMILES string of the molecule is C.CC(C)(C)c1cc2c3ccccc3c3cc(C(C)(C)C)c4c(C(C)(C)C)cc5c6ccccc6c6cc(C(C)(C)C)c1c1c2c3c4c5c61. The summed E-state index contributed by atoms with van der Waals surface area (Å²) in [6.45, 7) is 28.9. The molecule has 0 N–H and O–H groups in total. The highest BCUT2D eigenvalue weighted by Crippen LogP contribution is 2.58. The molecule has 0 saturated carbocycles. The second kappa shape index (κ2) is 9.54. The quantitative estimate of drug-likeness (QED) is 0.114. The molecule has 0 aliphatic heterocycles. The van der Waals surface area contributed by atoms with Gasteiger partial charge in [-0.15, -0.1) is 0 Å². The minimum absolute atomic E-state index is 0. The summed E-state index contributed by atoms with van der Waals surface area (Å²) in [7, 11) is 0. The van der Waals surface area contributed by atoms with E-state index in [1.165, 1.54) is 108 Å². The molecule has 49 heavy (non-hydrogen) atoms. The third-order valence-electron chi connectivity index (χ3n) is 11.6. The first kappa shape index (κ1) is 32.1. The third-order valence-corrected chi connectivity index (χ3v) is 11.6. The van der Waals surface area contributed by atoms with Crippen LogP contribution in [0, 0.1) is 0 Å². The van der Waals surface area contributed by atoms with E-state index in [2.05, 4.69) is 156 Å². The Hall–Kier alpha value is -4.16. The predicted octanol–water partition coefficient (Wildman–Crippen LogP) is 15.1.